The number of amides is 2. The van der Waals surface area contributed by atoms with Crippen LogP contribution in [0.15, 0.2) is 53.9 Å². The molecule has 1 aliphatic heterocycles. The van der Waals surface area contributed by atoms with Gasteiger partial charge in [-0.1, -0.05) is 63.6 Å². The number of aromatic nitrogens is 2. The Balaban J connectivity index is 2.05. The zero-order valence-corrected chi connectivity index (χ0v) is 22.4. The van der Waals surface area contributed by atoms with Crippen LogP contribution >= 0.6 is 0 Å². The van der Waals surface area contributed by atoms with Gasteiger partial charge in [-0.05, 0) is 51.7 Å². The molecule has 1 aliphatic rings. The van der Waals surface area contributed by atoms with E-state index in [2.05, 4.69) is 31.3 Å². The molecule has 0 aliphatic carbocycles. The van der Waals surface area contributed by atoms with Gasteiger partial charge in [0.25, 0.3) is 5.91 Å². The van der Waals surface area contributed by atoms with Gasteiger partial charge >= 0.3 is 0 Å². The minimum atomic E-state index is -1.23. The van der Waals surface area contributed by atoms with Crippen molar-refractivity contribution >= 4 is 11.8 Å². The van der Waals surface area contributed by atoms with Crippen LogP contribution in [0.3, 0.4) is 0 Å². The van der Waals surface area contributed by atoms with Gasteiger partial charge in [-0.2, -0.15) is 5.10 Å². The Morgan fingerprint density at radius 3 is 2.50 bits per heavy atom. The van der Waals surface area contributed by atoms with E-state index < -0.39 is 5.54 Å². The molecule has 3 rings (SSSR count). The standard InChI is InChI=1S/C29H39FN4O2/c1-7-11-23(20(5)30)18-33-27(35)26-17-25(22-15-13-21(9-3)14-16-22)32-34(26)19-29(33,6)28(36)31-24(10-4)12-8-2/h7,11,13-17,24H,8-10,12,18-19H2,1-6H3,(H,31,36)/b11-7-,23-20-. The van der Waals surface area contributed by atoms with E-state index >= 15 is 0 Å². The predicted octanol–water partition coefficient (Wildman–Crippen LogP) is 5.84. The van der Waals surface area contributed by atoms with Gasteiger partial charge in [-0.3, -0.25) is 14.3 Å². The van der Waals surface area contributed by atoms with E-state index in [-0.39, 0.29) is 36.8 Å². The molecule has 0 bridgehead atoms. The maximum Gasteiger partial charge on any atom is 0.273 e. The monoisotopic (exact) mass is 494 g/mol. The Bertz CT molecular complexity index is 1140. The number of allylic oxidation sites excluding steroid dienone is 2. The summed E-state index contributed by atoms with van der Waals surface area (Å²) in [6, 6.07) is 9.87. The zero-order valence-electron chi connectivity index (χ0n) is 22.4. The SMILES string of the molecule is C/C=C\C(CN1C(=O)c2cc(-c3ccc(CC)cc3)nn2CC1(C)C(=O)NC(CC)CCC)=C(/C)F. The van der Waals surface area contributed by atoms with E-state index in [0.717, 1.165) is 31.2 Å². The fourth-order valence-electron chi connectivity index (χ4n) is 4.66. The quantitative estimate of drug-likeness (QED) is 0.422. The molecule has 7 heteroatoms. The fourth-order valence-corrected chi connectivity index (χ4v) is 4.66. The lowest BCUT2D eigenvalue weighted by atomic mass is 9.93. The minimum absolute atomic E-state index is 0.00823. The van der Waals surface area contributed by atoms with Crippen LogP contribution in [0.2, 0.25) is 0 Å². The minimum Gasteiger partial charge on any atom is -0.351 e. The van der Waals surface area contributed by atoms with Gasteiger partial charge in [0, 0.05) is 23.7 Å². The van der Waals surface area contributed by atoms with Crippen LogP contribution in [-0.4, -0.2) is 44.6 Å². The lowest BCUT2D eigenvalue weighted by molar-refractivity contribution is -0.133. The van der Waals surface area contributed by atoms with Crippen molar-refractivity contribution < 1.29 is 14.0 Å². The van der Waals surface area contributed by atoms with Gasteiger partial charge in [0.2, 0.25) is 5.91 Å². The smallest absolute Gasteiger partial charge is 0.273 e. The molecule has 2 unspecified atom stereocenters. The molecule has 1 aromatic carbocycles. The second-order valence-electron chi connectivity index (χ2n) is 9.71. The van der Waals surface area contributed by atoms with Crippen molar-refractivity contribution in [3.63, 3.8) is 0 Å². The number of fused-ring (bicyclic) bond motifs is 1. The van der Waals surface area contributed by atoms with Crippen LogP contribution in [-0.2, 0) is 17.8 Å². The highest BCUT2D eigenvalue weighted by molar-refractivity contribution is 6.00. The van der Waals surface area contributed by atoms with Crippen molar-refractivity contribution in [3.05, 3.63) is 65.1 Å². The highest BCUT2D eigenvalue weighted by atomic mass is 19.1. The van der Waals surface area contributed by atoms with E-state index in [1.54, 1.807) is 36.7 Å². The number of halogens is 1. The summed E-state index contributed by atoms with van der Waals surface area (Å²) in [5, 5.41) is 7.86. The first-order valence-corrected chi connectivity index (χ1v) is 13.0. The topological polar surface area (TPSA) is 67.2 Å². The molecule has 0 fully saturated rings. The molecule has 2 heterocycles. The van der Waals surface area contributed by atoms with Gasteiger partial charge in [0.15, 0.2) is 0 Å². The molecule has 0 saturated carbocycles. The Kier molecular flexibility index (Phi) is 8.88. The van der Waals surface area contributed by atoms with Crippen LogP contribution in [0.25, 0.3) is 11.3 Å². The Hall–Kier alpha value is -3.22. The second-order valence-corrected chi connectivity index (χ2v) is 9.71. The molecule has 1 aromatic heterocycles. The number of rotatable bonds is 10. The number of hydrogen-bond donors (Lipinski definition) is 1. The molecule has 2 aromatic rings. The normalized spacial score (nSPS) is 19.3. The number of hydrogen-bond acceptors (Lipinski definition) is 3. The van der Waals surface area contributed by atoms with Gasteiger partial charge in [0.05, 0.1) is 12.2 Å². The van der Waals surface area contributed by atoms with Crippen molar-refractivity contribution in [3.8, 4) is 11.3 Å². The van der Waals surface area contributed by atoms with E-state index in [0.29, 0.717) is 17.0 Å². The molecule has 36 heavy (non-hydrogen) atoms. The maximum atomic E-state index is 14.4. The van der Waals surface area contributed by atoms with Crippen LogP contribution < -0.4 is 5.32 Å². The first kappa shape index (κ1) is 27.4. The fraction of sp³-hybridized carbons (Fsp3) is 0.483. The summed E-state index contributed by atoms with van der Waals surface area (Å²) >= 11 is 0. The Morgan fingerprint density at radius 1 is 1.25 bits per heavy atom. The van der Waals surface area contributed by atoms with Crippen LogP contribution in [0, 0.1) is 0 Å². The summed E-state index contributed by atoms with van der Waals surface area (Å²) in [7, 11) is 0. The number of carbonyl (C=O) groups is 2. The highest BCUT2D eigenvalue weighted by Crippen LogP contribution is 2.32. The van der Waals surface area contributed by atoms with E-state index in [9.17, 15) is 14.0 Å². The summed E-state index contributed by atoms with van der Waals surface area (Å²) in [5.41, 5.74) is 2.33. The molecule has 2 amide bonds. The summed E-state index contributed by atoms with van der Waals surface area (Å²) in [4.78, 5) is 29.1. The van der Waals surface area contributed by atoms with E-state index in [1.165, 1.54) is 17.4 Å². The summed E-state index contributed by atoms with van der Waals surface area (Å²) in [6.07, 6.45) is 6.91. The third-order valence-corrected chi connectivity index (χ3v) is 7.05. The van der Waals surface area contributed by atoms with Gasteiger partial charge in [-0.15, -0.1) is 0 Å². The molecule has 2 atom stereocenters. The van der Waals surface area contributed by atoms with Gasteiger partial charge in [-0.25, -0.2) is 4.39 Å². The van der Waals surface area contributed by atoms with Crippen molar-refractivity contribution in [2.75, 3.05) is 6.54 Å². The van der Waals surface area contributed by atoms with E-state index in [1.807, 2.05) is 19.1 Å². The highest BCUT2D eigenvalue weighted by Gasteiger charge is 2.48. The molecule has 1 N–H and O–H groups in total. The number of nitrogens with one attached hydrogen (secondary N) is 1. The molecular weight excluding hydrogens is 455 g/mol. The lowest BCUT2D eigenvalue weighted by Gasteiger charge is -2.44. The Labute approximate surface area is 214 Å². The third kappa shape index (κ3) is 5.61. The van der Waals surface area contributed by atoms with Crippen LogP contribution in [0.5, 0.6) is 0 Å². The Morgan fingerprint density at radius 2 is 1.94 bits per heavy atom. The van der Waals surface area contributed by atoms with Crippen molar-refractivity contribution in [1.82, 2.24) is 20.0 Å². The van der Waals surface area contributed by atoms with E-state index in [4.69, 9.17) is 5.10 Å². The first-order valence-electron chi connectivity index (χ1n) is 13.0. The third-order valence-electron chi connectivity index (χ3n) is 7.05. The molecule has 0 saturated heterocycles. The van der Waals surface area contributed by atoms with Crippen molar-refractivity contribution in [2.24, 2.45) is 0 Å². The average molecular weight is 495 g/mol. The number of aryl methyl sites for hydroxylation is 1. The van der Waals surface area contributed by atoms with Crippen molar-refractivity contribution in [1.29, 1.82) is 0 Å². The molecular formula is C29H39FN4O2. The second kappa shape index (κ2) is 11.7. The average Bonchev–Trinajstić information content (AvgIpc) is 3.29. The van der Waals surface area contributed by atoms with Crippen LogP contribution in [0.1, 0.15) is 76.9 Å². The summed E-state index contributed by atoms with van der Waals surface area (Å²) in [6.45, 7) is 11.3. The first-order chi connectivity index (χ1) is 17.2. The molecule has 194 valence electrons. The van der Waals surface area contributed by atoms with Crippen LogP contribution in [0.4, 0.5) is 4.39 Å². The van der Waals surface area contributed by atoms with Gasteiger partial charge < -0.3 is 10.2 Å². The zero-order chi connectivity index (χ0) is 26.5. The van der Waals surface area contributed by atoms with Gasteiger partial charge in [0.1, 0.15) is 17.1 Å². The number of nitrogens with zero attached hydrogens (tertiary/aromatic N) is 3. The molecule has 0 spiro atoms. The summed E-state index contributed by atoms with van der Waals surface area (Å²) in [5.74, 6) is -0.964. The van der Waals surface area contributed by atoms with Crippen molar-refractivity contribution in [2.45, 2.75) is 85.4 Å². The lowest BCUT2D eigenvalue weighted by Crippen LogP contribution is -2.65. The summed E-state index contributed by atoms with van der Waals surface area (Å²) < 4.78 is 16.0. The molecule has 6 nitrogen and oxygen atoms in total. The molecule has 0 radical (unpaired) electrons. The largest absolute Gasteiger partial charge is 0.351 e. The maximum absolute atomic E-state index is 14.4. The number of benzene rings is 1. The number of carbonyl (C=O) groups excluding carboxylic acids is 2. The predicted molar refractivity (Wildman–Crippen MR) is 142 cm³/mol.